The smallest absolute Gasteiger partial charge is 0.307 e. The third kappa shape index (κ3) is 6.12. The van der Waals surface area contributed by atoms with Gasteiger partial charge in [0.25, 0.3) is 0 Å². The van der Waals surface area contributed by atoms with Crippen molar-refractivity contribution in [2.24, 2.45) is 11.8 Å². The number of benzene rings is 1. The molecule has 0 aromatic heterocycles. The fraction of sp³-hybridized carbons (Fsp3) is 0.619. The van der Waals surface area contributed by atoms with Crippen molar-refractivity contribution < 1.29 is 24.2 Å². The molecule has 0 heterocycles. The van der Waals surface area contributed by atoms with E-state index in [1.807, 2.05) is 32.3 Å². The summed E-state index contributed by atoms with van der Waals surface area (Å²) in [6, 6.07) is 5.57. The first-order valence-electron chi connectivity index (χ1n) is 9.88. The summed E-state index contributed by atoms with van der Waals surface area (Å²) in [5.74, 6) is -0.901. The van der Waals surface area contributed by atoms with Crippen LogP contribution in [0.25, 0.3) is 0 Å². The van der Waals surface area contributed by atoms with E-state index in [0.717, 1.165) is 31.4 Å². The van der Waals surface area contributed by atoms with Gasteiger partial charge in [0, 0.05) is 18.7 Å². The number of ether oxygens (including phenoxy) is 2. The SMILES string of the molecule is COc1cccc(CNC(=O)C2CCCCC2C(=O)O)c1OCCCN(C)C. The van der Waals surface area contributed by atoms with E-state index in [1.165, 1.54) is 0 Å². The molecule has 0 bridgehead atoms. The lowest BCUT2D eigenvalue weighted by Gasteiger charge is -2.27. The van der Waals surface area contributed by atoms with Gasteiger partial charge in [0.2, 0.25) is 5.91 Å². The summed E-state index contributed by atoms with van der Waals surface area (Å²) >= 11 is 0. The fourth-order valence-corrected chi connectivity index (χ4v) is 3.63. The van der Waals surface area contributed by atoms with Crippen LogP contribution < -0.4 is 14.8 Å². The average Bonchev–Trinajstić information content (AvgIpc) is 2.69. The van der Waals surface area contributed by atoms with E-state index in [4.69, 9.17) is 9.47 Å². The van der Waals surface area contributed by atoms with E-state index < -0.39 is 17.8 Å². The van der Waals surface area contributed by atoms with Crippen molar-refractivity contribution in [1.82, 2.24) is 10.2 Å². The van der Waals surface area contributed by atoms with Crippen LogP contribution in [0.5, 0.6) is 11.5 Å². The minimum atomic E-state index is -0.883. The Hall–Kier alpha value is -2.28. The van der Waals surface area contributed by atoms with Gasteiger partial charge >= 0.3 is 5.97 Å². The third-order valence-corrected chi connectivity index (χ3v) is 5.15. The van der Waals surface area contributed by atoms with E-state index in [2.05, 4.69) is 10.2 Å². The van der Waals surface area contributed by atoms with Crippen molar-refractivity contribution in [3.05, 3.63) is 23.8 Å². The van der Waals surface area contributed by atoms with Gasteiger partial charge < -0.3 is 24.8 Å². The highest BCUT2D eigenvalue weighted by Crippen LogP contribution is 2.33. The van der Waals surface area contributed by atoms with Crippen LogP contribution in [0.15, 0.2) is 18.2 Å². The lowest BCUT2D eigenvalue weighted by Crippen LogP contribution is -2.39. The number of carbonyl (C=O) groups is 2. The van der Waals surface area contributed by atoms with Crippen molar-refractivity contribution in [3.63, 3.8) is 0 Å². The van der Waals surface area contributed by atoms with Gasteiger partial charge in [-0.25, -0.2) is 0 Å². The first-order valence-corrected chi connectivity index (χ1v) is 9.88. The van der Waals surface area contributed by atoms with Gasteiger partial charge in [0.1, 0.15) is 0 Å². The van der Waals surface area contributed by atoms with Crippen LogP contribution in [-0.2, 0) is 16.1 Å². The van der Waals surface area contributed by atoms with E-state index in [9.17, 15) is 14.7 Å². The number of nitrogens with zero attached hydrogens (tertiary/aromatic N) is 1. The first kappa shape index (κ1) is 22.0. The number of aliphatic carboxylic acids is 1. The van der Waals surface area contributed by atoms with E-state index in [0.29, 0.717) is 30.9 Å². The number of methoxy groups -OCH3 is 1. The number of carbonyl (C=O) groups excluding carboxylic acids is 1. The van der Waals surface area contributed by atoms with E-state index in [-0.39, 0.29) is 12.5 Å². The number of amides is 1. The molecule has 1 saturated carbocycles. The van der Waals surface area contributed by atoms with Crippen molar-refractivity contribution >= 4 is 11.9 Å². The van der Waals surface area contributed by atoms with Crippen molar-refractivity contribution in [2.75, 3.05) is 34.4 Å². The maximum atomic E-state index is 12.6. The molecule has 28 heavy (non-hydrogen) atoms. The normalized spacial score (nSPS) is 19.3. The van der Waals surface area contributed by atoms with Gasteiger partial charge in [-0.15, -0.1) is 0 Å². The predicted octanol–water partition coefficient (Wildman–Crippen LogP) is 2.53. The second-order valence-corrected chi connectivity index (χ2v) is 7.51. The average molecular weight is 392 g/mol. The van der Waals surface area contributed by atoms with E-state index >= 15 is 0 Å². The molecular weight excluding hydrogens is 360 g/mol. The van der Waals surface area contributed by atoms with Crippen LogP contribution in [0.3, 0.4) is 0 Å². The summed E-state index contributed by atoms with van der Waals surface area (Å²) in [6.45, 7) is 1.74. The molecule has 1 aromatic carbocycles. The maximum Gasteiger partial charge on any atom is 0.307 e. The topological polar surface area (TPSA) is 88.1 Å². The Morgan fingerprint density at radius 1 is 1.21 bits per heavy atom. The molecule has 1 aliphatic carbocycles. The second-order valence-electron chi connectivity index (χ2n) is 7.51. The second kappa shape index (κ2) is 10.9. The fourth-order valence-electron chi connectivity index (χ4n) is 3.63. The van der Waals surface area contributed by atoms with Crippen LogP contribution in [-0.4, -0.2) is 56.2 Å². The highest BCUT2D eigenvalue weighted by molar-refractivity contribution is 5.84. The lowest BCUT2D eigenvalue weighted by molar-refractivity contribution is -0.148. The predicted molar refractivity (Wildman–Crippen MR) is 107 cm³/mol. The Labute approximate surface area is 167 Å². The molecule has 1 aromatic rings. The third-order valence-electron chi connectivity index (χ3n) is 5.15. The first-order chi connectivity index (χ1) is 13.4. The zero-order valence-electron chi connectivity index (χ0n) is 17.1. The number of carboxylic acid groups (broad SMARTS) is 1. The van der Waals surface area contributed by atoms with Crippen molar-refractivity contribution in [1.29, 1.82) is 0 Å². The van der Waals surface area contributed by atoms with E-state index in [1.54, 1.807) is 7.11 Å². The molecule has 2 unspecified atom stereocenters. The summed E-state index contributed by atoms with van der Waals surface area (Å²) in [7, 11) is 5.61. The minimum Gasteiger partial charge on any atom is -0.493 e. The lowest BCUT2D eigenvalue weighted by atomic mass is 9.78. The zero-order chi connectivity index (χ0) is 20.5. The molecule has 2 atom stereocenters. The minimum absolute atomic E-state index is 0.200. The van der Waals surface area contributed by atoms with Crippen LogP contribution in [0.4, 0.5) is 0 Å². The Morgan fingerprint density at radius 2 is 1.93 bits per heavy atom. The van der Waals surface area contributed by atoms with Crippen LogP contribution in [0, 0.1) is 11.8 Å². The van der Waals surface area contributed by atoms with Gasteiger partial charge in [0.05, 0.1) is 25.6 Å². The van der Waals surface area contributed by atoms with Gasteiger partial charge in [-0.2, -0.15) is 0 Å². The standard InChI is InChI=1S/C21H32N2O5/c1-23(2)12-7-13-28-19-15(8-6-11-18(19)27-3)14-22-20(24)16-9-4-5-10-17(16)21(25)26/h6,8,11,16-17H,4-5,7,9-10,12-14H2,1-3H3,(H,22,24)(H,25,26). The zero-order valence-corrected chi connectivity index (χ0v) is 17.1. The quantitative estimate of drug-likeness (QED) is 0.595. The highest BCUT2D eigenvalue weighted by atomic mass is 16.5. The Morgan fingerprint density at radius 3 is 2.57 bits per heavy atom. The number of carboxylic acids is 1. The van der Waals surface area contributed by atoms with Crippen LogP contribution >= 0.6 is 0 Å². The summed E-state index contributed by atoms with van der Waals surface area (Å²) in [4.78, 5) is 26.2. The number of hydrogen-bond donors (Lipinski definition) is 2. The number of rotatable bonds is 10. The molecule has 2 N–H and O–H groups in total. The monoisotopic (exact) mass is 392 g/mol. The molecule has 1 amide bonds. The summed E-state index contributed by atoms with van der Waals surface area (Å²) in [5, 5.41) is 12.3. The summed E-state index contributed by atoms with van der Waals surface area (Å²) in [5.41, 5.74) is 0.820. The molecule has 2 rings (SSSR count). The Kier molecular flexibility index (Phi) is 8.57. The largest absolute Gasteiger partial charge is 0.493 e. The molecule has 0 spiro atoms. The molecule has 156 valence electrons. The molecule has 7 nitrogen and oxygen atoms in total. The maximum absolute atomic E-state index is 12.6. The van der Waals surface area contributed by atoms with Gasteiger partial charge in [-0.1, -0.05) is 25.0 Å². The molecule has 0 aliphatic heterocycles. The Balaban J connectivity index is 2.02. The number of nitrogens with one attached hydrogen (secondary N) is 1. The molecule has 0 saturated heterocycles. The molecule has 1 aliphatic rings. The number of hydrogen-bond acceptors (Lipinski definition) is 5. The summed E-state index contributed by atoms with van der Waals surface area (Å²) < 4.78 is 11.4. The number of para-hydroxylation sites is 1. The van der Waals surface area contributed by atoms with Gasteiger partial charge in [0.15, 0.2) is 11.5 Å². The van der Waals surface area contributed by atoms with Crippen molar-refractivity contribution in [3.8, 4) is 11.5 Å². The highest BCUT2D eigenvalue weighted by Gasteiger charge is 2.35. The molecular formula is C21H32N2O5. The molecule has 7 heteroatoms. The van der Waals surface area contributed by atoms with Crippen LogP contribution in [0.2, 0.25) is 0 Å². The molecule has 0 radical (unpaired) electrons. The van der Waals surface area contributed by atoms with Crippen LogP contribution in [0.1, 0.15) is 37.7 Å². The van der Waals surface area contributed by atoms with Gasteiger partial charge in [-0.3, -0.25) is 9.59 Å². The Bertz CT molecular complexity index is 662. The molecule has 1 fully saturated rings. The van der Waals surface area contributed by atoms with Crippen molar-refractivity contribution in [2.45, 2.75) is 38.6 Å². The summed E-state index contributed by atoms with van der Waals surface area (Å²) in [6.07, 6.45) is 3.81. The van der Waals surface area contributed by atoms with Gasteiger partial charge in [-0.05, 0) is 39.4 Å².